The molecule has 0 fully saturated rings. The molecule has 1 aromatic carbocycles. The number of hydrogen-bond donors (Lipinski definition) is 3. The highest BCUT2D eigenvalue weighted by atomic mass is 35.5. The fourth-order valence-corrected chi connectivity index (χ4v) is 1.98. The van der Waals surface area contributed by atoms with E-state index in [1.54, 1.807) is 26.4 Å². The molecule has 0 aliphatic rings. The average Bonchev–Trinajstić information content (AvgIpc) is 2.40. The fourth-order valence-electron chi connectivity index (χ4n) is 1.98. The van der Waals surface area contributed by atoms with Gasteiger partial charge in [0.2, 0.25) is 0 Å². The van der Waals surface area contributed by atoms with E-state index in [4.69, 9.17) is 9.47 Å². The monoisotopic (exact) mass is 319 g/mol. The summed E-state index contributed by atoms with van der Waals surface area (Å²) in [5, 5.41) is 23.5. The molecule has 0 radical (unpaired) electrons. The molecule has 0 spiro atoms. The van der Waals surface area contributed by atoms with E-state index in [-0.39, 0.29) is 18.2 Å². The van der Waals surface area contributed by atoms with E-state index in [0.717, 1.165) is 5.56 Å². The van der Waals surface area contributed by atoms with Gasteiger partial charge in [-0.3, -0.25) is 0 Å². The zero-order valence-electron chi connectivity index (χ0n) is 13.0. The molecule has 1 atom stereocenters. The number of benzene rings is 1. The summed E-state index contributed by atoms with van der Waals surface area (Å²) in [7, 11) is 3.14. The molecule has 3 N–H and O–H groups in total. The molecule has 0 amide bonds. The quantitative estimate of drug-likeness (QED) is 0.685. The number of aliphatic hydroxyl groups is 1. The molecule has 1 rings (SSSR count). The van der Waals surface area contributed by atoms with Crippen LogP contribution in [0.4, 0.5) is 0 Å². The number of methoxy groups -OCH3 is 2. The van der Waals surface area contributed by atoms with Gasteiger partial charge in [0.15, 0.2) is 0 Å². The summed E-state index contributed by atoms with van der Waals surface area (Å²) in [4.78, 5) is 0. The van der Waals surface area contributed by atoms with E-state index in [1.807, 2.05) is 13.8 Å². The minimum atomic E-state index is -0.635. The Morgan fingerprint density at radius 3 is 1.95 bits per heavy atom. The molecular formula is C15H26ClNO4. The van der Waals surface area contributed by atoms with E-state index < -0.39 is 6.10 Å². The van der Waals surface area contributed by atoms with Crippen LogP contribution < -0.4 is 5.32 Å². The minimum absolute atomic E-state index is 0. The smallest absolute Gasteiger partial charge is 0.126 e. The zero-order valence-corrected chi connectivity index (χ0v) is 13.9. The second kappa shape index (κ2) is 9.97. The van der Waals surface area contributed by atoms with Gasteiger partial charge in [-0.1, -0.05) is 13.8 Å². The molecule has 5 nitrogen and oxygen atoms in total. The van der Waals surface area contributed by atoms with Crippen LogP contribution in [0.25, 0.3) is 0 Å². The molecule has 21 heavy (non-hydrogen) atoms. The Kier molecular flexibility index (Phi) is 9.57. The van der Waals surface area contributed by atoms with Crippen LogP contribution in [0.3, 0.4) is 0 Å². The van der Waals surface area contributed by atoms with Crippen LogP contribution in [-0.2, 0) is 22.7 Å². The molecule has 0 aromatic heterocycles. The third-order valence-corrected chi connectivity index (χ3v) is 2.99. The van der Waals surface area contributed by atoms with Crippen LogP contribution >= 0.6 is 12.4 Å². The number of nitrogens with one attached hydrogen (secondary N) is 1. The molecule has 0 heterocycles. The van der Waals surface area contributed by atoms with Crippen molar-refractivity contribution in [3.63, 3.8) is 0 Å². The Morgan fingerprint density at radius 1 is 1.10 bits per heavy atom. The van der Waals surface area contributed by atoms with Gasteiger partial charge in [-0.25, -0.2) is 0 Å². The summed E-state index contributed by atoms with van der Waals surface area (Å²) in [5.74, 6) is 0.168. The normalized spacial score (nSPS) is 12.3. The number of phenolic OH excluding ortho intramolecular Hbond substituents is 1. The summed E-state index contributed by atoms with van der Waals surface area (Å²) in [5.41, 5.74) is 2.05. The van der Waals surface area contributed by atoms with Gasteiger partial charge in [0, 0.05) is 37.9 Å². The Morgan fingerprint density at radius 2 is 1.57 bits per heavy atom. The van der Waals surface area contributed by atoms with E-state index in [0.29, 0.717) is 36.9 Å². The van der Waals surface area contributed by atoms with Gasteiger partial charge in [-0.15, -0.1) is 12.4 Å². The van der Waals surface area contributed by atoms with Crippen LogP contribution in [0, 0.1) is 0 Å². The lowest BCUT2D eigenvalue weighted by molar-refractivity contribution is 0.164. The summed E-state index contributed by atoms with van der Waals surface area (Å²) < 4.78 is 10.2. The molecule has 122 valence electrons. The first-order chi connectivity index (χ1) is 9.49. The van der Waals surface area contributed by atoms with Gasteiger partial charge in [-0.05, 0) is 17.7 Å². The van der Waals surface area contributed by atoms with Crippen LogP contribution in [0.15, 0.2) is 12.1 Å². The van der Waals surface area contributed by atoms with Gasteiger partial charge in [0.1, 0.15) is 5.75 Å². The zero-order chi connectivity index (χ0) is 15.1. The van der Waals surface area contributed by atoms with Crippen LogP contribution in [0.2, 0.25) is 0 Å². The summed E-state index contributed by atoms with van der Waals surface area (Å²) in [6, 6.07) is 3.84. The van der Waals surface area contributed by atoms with E-state index in [9.17, 15) is 10.2 Å². The van der Waals surface area contributed by atoms with E-state index >= 15 is 0 Å². The van der Waals surface area contributed by atoms with Gasteiger partial charge in [0.25, 0.3) is 0 Å². The van der Waals surface area contributed by atoms with Crippen molar-refractivity contribution >= 4 is 12.4 Å². The third kappa shape index (κ3) is 6.20. The molecule has 0 saturated carbocycles. The Labute approximate surface area is 132 Å². The van der Waals surface area contributed by atoms with Crippen LogP contribution in [0.1, 0.15) is 36.6 Å². The minimum Gasteiger partial charge on any atom is -0.507 e. The van der Waals surface area contributed by atoms with E-state index in [1.165, 1.54) is 0 Å². The number of halogens is 1. The maximum atomic E-state index is 10.2. The first-order valence-electron chi connectivity index (χ1n) is 6.73. The molecule has 1 aromatic rings. The summed E-state index contributed by atoms with van der Waals surface area (Å²) in [6.45, 7) is 5.09. The number of ether oxygens (including phenoxy) is 2. The lowest BCUT2D eigenvalue weighted by Gasteiger charge is -2.18. The maximum absolute atomic E-state index is 10.2. The number of hydrogen-bond acceptors (Lipinski definition) is 5. The van der Waals surface area contributed by atoms with Crippen molar-refractivity contribution in [3.05, 3.63) is 28.8 Å². The van der Waals surface area contributed by atoms with Crippen LogP contribution in [-0.4, -0.2) is 37.0 Å². The lowest BCUT2D eigenvalue weighted by atomic mass is 10.0. The molecule has 0 aliphatic carbocycles. The SMILES string of the molecule is COCc1cc(C(O)CNC(C)C)cc(COC)c1O.Cl. The van der Waals surface area contributed by atoms with Crippen molar-refractivity contribution in [2.75, 3.05) is 20.8 Å². The molecule has 0 aliphatic heterocycles. The number of aliphatic hydroxyl groups excluding tert-OH is 1. The number of aromatic hydroxyl groups is 1. The number of phenols is 1. The van der Waals surface area contributed by atoms with Crippen molar-refractivity contribution in [1.82, 2.24) is 5.32 Å². The highest BCUT2D eigenvalue weighted by Gasteiger charge is 2.15. The second-order valence-electron chi connectivity index (χ2n) is 5.13. The third-order valence-electron chi connectivity index (χ3n) is 2.99. The standard InChI is InChI=1S/C15H25NO4.ClH/c1-10(2)16-7-14(17)11-5-12(8-19-3)15(18)13(6-11)9-20-4;/h5-6,10,14,16-18H,7-9H2,1-4H3;1H. The maximum Gasteiger partial charge on any atom is 0.126 e. The van der Waals surface area contributed by atoms with E-state index in [2.05, 4.69) is 5.32 Å². The van der Waals surface area contributed by atoms with Crippen molar-refractivity contribution < 1.29 is 19.7 Å². The van der Waals surface area contributed by atoms with Gasteiger partial charge in [-0.2, -0.15) is 0 Å². The first-order valence-corrected chi connectivity index (χ1v) is 6.73. The molecule has 0 bridgehead atoms. The van der Waals surface area contributed by atoms with Crippen molar-refractivity contribution in [2.24, 2.45) is 0 Å². The van der Waals surface area contributed by atoms with Gasteiger partial charge < -0.3 is 25.0 Å². The van der Waals surface area contributed by atoms with Gasteiger partial charge >= 0.3 is 0 Å². The van der Waals surface area contributed by atoms with Crippen molar-refractivity contribution in [2.45, 2.75) is 39.2 Å². The predicted octanol–water partition coefficient (Wildman–Crippen LogP) is 2.14. The van der Waals surface area contributed by atoms with Crippen molar-refractivity contribution in [3.8, 4) is 5.75 Å². The largest absolute Gasteiger partial charge is 0.507 e. The fraction of sp³-hybridized carbons (Fsp3) is 0.600. The average molecular weight is 320 g/mol. The molecule has 0 saturated heterocycles. The van der Waals surface area contributed by atoms with Gasteiger partial charge in [0.05, 0.1) is 19.3 Å². The highest BCUT2D eigenvalue weighted by Crippen LogP contribution is 2.28. The molecular weight excluding hydrogens is 294 g/mol. The Hall–Kier alpha value is -0.850. The predicted molar refractivity (Wildman–Crippen MR) is 84.9 cm³/mol. The van der Waals surface area contributed by atoms with Crippen LogP contribution in [0.5, 0.6) is 5.75 Å². The highest BCUT2D eigenvalue weighted by molar-refractivity contribution is 5.85. The van der Waals surface area contributed by atoms with Crippen molar-refractivity contribution in [1.29, 1.82) is 0 Å². The summed E-state index contributed by atoms with van der Waals surface area (Å²) in [6.07, 6.45) is -0.635. The molecule has 6 heteroatoms. The Bertz CT molecular complexity index is 399. The summed E-state index contributed by atoms with van der Waals surface area (Å²) >= 11 is 0. The molecule has 1 unspecified atom stereocenters. The topological polar surface area (TPSA) is 71.0 Å². The Balaban J connectivity index is 0.00000400. The first kappa shape index (κ1) is 20.1. The number of rotatable bonds is 8. The second-order valence-corrected chi connectivity index (χ2v) is 5.13. The lowest BCUT2D eigenvalue weighted by Crippen LogP contribution is -2.28.